The van der Waals surface area contributed by atoms with Gasteiger partial charge in [-0.1, -0.05) is 51.2 Å². The van der Waals surface area contributed by atoms with E-state index in [1.807, 2.05) is 0 Å². The molecule has 2 atom stereocenters. The highest BCUT2D eigenvalue weighted by Crippen LogP contribution is 2.44. The monoisotopic (exact) mass is 528 g/mol. The number of halogens is 7. The molecule has 1 fully saturated rings. The Balaban J connectivity index is 1.43. The fourth-order valence-electron chi connectivity index (χ4n) is 5.61. The molecule has 0 spiro atoms. The van der Waals surface area contributed by atoms with E-state index in [1.165, 1.54) is 25.3 Å². The Hall–Kier alpha value is -1.09. The molecule has 0 amide bonds. The maximum absolute atomic E-state index is 14.8. The van der Waals surface area contributed by atoms with Crippen LogP contribution in [0.1, 0.15) is 103 Å². The summed E-state index contributed by atoms with van der Waals surface area (Å²) in [6.07, 6.45) is -3.93. The van der Waals surface area contributed by atoms with Gasteiger partial charge in [0.1, 0.15) is 0 Å². The molecule has 208 valence electrons. The van der Waals surface area contributed by atoms with Crippen LogP contribution in [0.15, 0.2) is 23.3 Å². The Kier molecular flexibility index (Phi) is 10.3. The SMILES string of the molecule is CCCCCCC1CCC(C(F)(F)OC2CC=C(C(F)(F)OC3CC=C(C(F)(F)F)CC3)CC2)CC1. The smallest absolute Gasteiger partial charge is 0.317 e. The second kappa shape index (κ2) is 12.6. The molecule has 2 unspecified atom stereocenters. The lowest BCUT2D eigenvalue weighted by atomic mass is 9.79. The Morgan fingerprint density at radius 1 is 0.722 bits per heavy atom. The Bertz CT molecular complexity index is 752. The molecular formula is C27H39F7O2. The van der Waals surface area contributed by atoms with Crippen LogP contribution in [0.5, 0.6) is 0 Å². The lowest BCUT2D eigenvalue weighted by molar-refractivity contribution is -0.299. The number of unbranched alkanes of at least 4 members (excludes halogenated alkanes) is 3. The van der Waals surface area contributed by atoms with Crippen LogP contribution in [0, 0.1) is 11.8 Å². The molecule has 0 bridgehead atoms. The number of ether oxygens (including phenoxy) is 2. The van der Waals surface area contributed by atoms with Crippen molar-refractivity contribution in [1.29, 1.82) is 0 Å². The first-order valence-corrected chi connectivity index (χ1v) is 13.5. The molecule has 0 aromatic carbocycles. The Labute approximate surface area is 209 Å². The fourth-order valence-corrected chi connectivity index (χ4v) is 5.61. The molecule has 0 saturated heterocycles. The van der Waals surface area contributed by atoms with Gasteiger partial charge in [0.2, 0.25) is 0 Å². The van der Waals surface area contributed by atoms with Crippen molar-refractivity contribution in [3.8, 4) is 0 Å². The zero-order chi connectivity index (χ0) is 26.4. The van der Waals surface area contributed by atoms with Crippen molar-refractivity contribution in [2.45, 2.75) is 134 Å². The van der Waals surface area contributed by atoms with Crippen LogP contribution in [0.2, 0.25) is 0 Å². The number of alkyl halides is 7. The summed E-state index contributed by atoms with van der Waals surface area (Å²) in [6, 6.07) is 0. The summed E-state index contributed by atoms with van der Waals surface area (Å²) in [7, 11) is 0. The van der Waals surface area contributed by atoms with E-state index in [0.29, 0.717) is 18.8 Å². The minimum atomic E-state index is -4.45. The average molecular weight is 529 g/mol. The van der Waals surface area contributed by atoms with Gasteiger partial charge in [-0.05, 0) is 70.1 Å². The molecule has 1 saturated carbocycles. The normalized spacial score (nSPS) is 28.6. The summed E-state index contributed by atoms with van der Waals surface area (Å²) in [6.45, 7) is 2.16. The second-order valence-electron chi connectivity index (χ2n) is 10.6. The summed E-state index contributed by atoms with van der Waals surface area (Å²) < 4.78 is 107. The minimum Gasteiger partial charge on any atom is -0.317 e. The zero-order valence-corrected chi connectivity index (χ0v) is 21.0. The van der Waals surface area contributed by atoms with E-state index in [-0.39, 0.29) is 44.1 Å². The largest absolute Gasteiger partial charge is 0.412 e. The molecule has 3 rings (SSSR count). The molecule has 0 heterocycles. The third kappa shape index (κ3) is 8.47. The first-order chi connectivity index (χ1) is 16.9. The van der Waals surface area contributed by atoms with Crippen molar-refractivity contribution in [2.24, 2.45) is 11.8 Å². The summed E-state index contributed by atoms with van der Waals surface area (Å²) in [5.41, 5.74) is -1.04. The molecule has 3 aliphatic rings. The van der Waals surface area contributed by atoms with Crippen LogP contribution >= 0.6 is 0 Å². The number of hydrogen-bond donors (Lipinski definition) is 0. The Morgan fingerprint density at radius 3 is 1.83 bits per heavy atom. The predicted molar refractivity (Wildman–Crippen MR) is 124 cm³/mol. The van der Waals surface area contributed by atoms with E-state index < -0.39 is 42.1 Å². The van der Waals surface area contributed by atoms with Gasteiger partial charge >= 0.3 is 18.4 Å². The fraction of sp³-hybridized carbons (Fsp3) is 0.852. The van der Waals surface area contributed by atoms with Gasteiger partial charge in [-0.15, -0.1) is 0 Å². The quantitative estimate of drug-likeness (QED) is 0.151. The lowest BCUT2D eigenvalue weighted by Gasteiger charge is -2.36. The summed E-state index contributed by atoms with van der Waals surface area (Å²) >= 11 is 0. The van der Waals surface area contributed by atoms with Crippen molar-refractivity contribution < 1.29 is 40.2 Å². The topological polar surface area (TPSA) is 18.5 Å². The van der Waals surface area contributed by atoms with Gasteiger partial charge < -0.3 is 9.47 Å². The van der Waals surface area contributed by atoms with Crippen molar-refractivity contribution in [1.82, 2.24) is 0 Å². The molecule has 0 aromatic rings. The maximum atomic E-state index is 14.8. The number of rotatable bonds is 11. The first-order valence-electron chi connectivity index (χ1n) is 13.5. The molecule has 2 nitrogen and oxygen atoms in total. The van der Waals surface area contributed by atoms with Gasteiger partial charge in [0, 0.05) is 11.1 Å². The summed E-state index contributed by atoms with van der Waals surface area (Å²) in [5, 5.41) is 0. The average Bonchev–Trinajstić information content (AvgIpc) is 2.82. The van der Waals surface area contributed by atoms with Gasteiger partial charge in [-0.2, -0.15) is 30.7 Å². The van der Waals surface area contributed by atoms with Gasteiger partial charge in [-0.3, -0.25) is 0 Å². The van der Waals surface area contributed by atoms with Gasteiger partial charge in [0.25, 0.3) is 0 Å². The van der Waals surface area contributed by atoms with Crippen molar-refractivity contribution in [3.05, 3.63) is 23.3 Å². The first kappa shape index (κ1) is 29.5. The third-order valence-corrected chi connectivity index (χ3v) is 7.89. The standard InChI is InChI=1S/C27H39F7O2/c1-2-3-4-5-6-19-7-9-21(10-8-19)26(31,32)36-24-17-13-22(14-18-24)27(33,34)35-23-15-11-20(12-16-23)25(28,29)30/h11,13,19,21,23-24H,2-10,12,14-18H2,1H3. The van der Waals surface area contributed by atoms with Crippen molar-refractivity contribution in [2.75, 3.05) is 0 Å². The number of hydrogen-bond acceptors (Lipinski definition) is 2. The molecule has 0 aliphatic heterocycles. The third-order valence-electron chi connectivity index (χ3n) is 7.89. The van der Waals surface area contributed by atoms with E-state index in [1.54, 1.807) is 0 Å². The summed E-state index contributed by atoms with van der Waals surface area (Å²) in [5.74, 6) is -0.350. The van der Waals surface area contributed by atoms with Crippen LogP contribution in [-0.4, -0.2) is 30.6 Å². The molecular weight excluding hydrogens is 489 g/mol. The predicted octanol–water partition coefficient (Wildman–Crippen LogP) is 9.50. The van der Waals surface area contributed by atoms with Crippen LogP contribution in [0.4, 0.5) is 30.7 Å². The summed E-state index contributed by atoms with van der Waals surface area (Å²) in [4.78, 5) is 0. The molecule has 0 aromatic heterocycles. The molecule has 0 N–H and O–H groups in total. The molecule has 3 aliphatic carbocycles. The van der Waals surface area contributed by atoms with Crippen LogP contribution in [0.25, 0.3) is 0 Å². The second-order valence-corrected chi connectivity index (χ2v) is 10.6. The highest BCUT2D eigenvalue weighted by molar-refractivity contribution is 5.15. The van der Waals surface area contributed by atoms with E-state index in [9.17, 15) is 30.7 Å². The van der Waals surface area contributed by atoms with Gasteiger partial charge in [0.05, 0.1) is 18.1 Å². The molecule has 36 heavy (non-hydrogen) atoms. The van der Waals surface area contributed by atoms with Crippen LogP contribution in [0.3, 0.4) is 0 Å². The van der Waals surface area contributed by atoms with E-state index in [0.717, 1.165) is 31.8 Å². The highest BCUT2D eigenvalue weighted by Gasteiger charge is 2.46. The van der Waals surface area contributed by atoms with Crippen molar-refractivity contribution in [3.63, 3.8) is 0 Å². The number of allylic oxidation sites excluding steroid dienone is 1. The van der Waals surface area contributed by atoms with E-state index >= 15 is 0 Å². The molecule has 0 radical (unpaired) electrons. The highest BCUT2D eigenvalue weighted by atomic mass is 19.4. The Morgan fingerprint density at radius 2 is 1.31 bits per heavy atom. The van der Waals surface area contributed by atoms with E-state index in [4.69, 9.17) is 9.47 Å². The van der Waals surface area contributed by atoms with Gasteiger partial charge in [-0.25, -0.2) is 0 Å². The lowest BCUT2D eigenvalue weighted by Crippen LogP contribution is -2.39. The maximum Gasteiger partial charge on any atom is 0.412 e. The van der Waals surface area contributed by atoms with E-state index in [2.05, 4.69) is 6.92 Å². The zero-order valence-electron chi connectivity index (χ0n) is 21.0. The minimum absolute atomic E-state index is 0.0237. The van der Waals surface area contributed by atoms with Crippen molar-refractivity contribution >= 4 is 0 Å². The molecule has 9 heteroatoms. The van der Waals surface area contributed by atoms with Crippen LogP contribution < -0.4 is 0 Å². The van der Waals surface area contributed by atoms with Gasteiger partial charge in [0.15, 0.2) is 0 Å². The van der Waals surface area contributed by atoms with Crippen LogP contribution in [-0.2, 0) is 9.47 Å².